The standard InChI is InChI=1S/C44H74F2N4O11S/c1-11-13-15-17-19-21-27-50(28-22-20-18-16-14-12-2)36(51)44(45,46)62(54,55)59-33-43(31-57-42(9,10)58-32-43)30-56-35-25-23-34(24-26-35)29-47-37(48-38(52)60-40(3,4)5)49-39(53)61-41(6,7)8/h23-26H,11-22,27-33H2,1-10H3,(H2,47,48,49,52,53). The predicted molar refractivity (Wildman–Crippen MR) is 233 cm³/mol. The molecule has 2 N–H and O–H groups in total. The molecule has 0 aromatic heterocycles. The number of amides is 3. The van der Waals surface area contributed by atoms with Crippen LogP contribution in [0.4, 0.5) is 18.4 Å². The number of ether oxygens (including phenoxy) is 5. The van der Waals surface area contributed by atoms with E-state index in [0.717, 1.165) is 69.1 Å². The number of benzene rings is 1. The average molecular weight is 905 g/mol. The largest absolute Gasteiger partial charge is 0.493 e. The SMILES string of the molecule is CCCCCCCCN(CCCCCCCC)C(=O)C(F)(F)S(=O)(=O)OCC1(COc2ccc(CN/C(=N\C(=O)OC(C)(C)C)NC(=O)OC(C)(C)C)cc2)COC(C)(C)OC1. The molecule has 0 radical (unpaired) electrons. The maximum atomic E-state index is 15.8. The number of alkyl carbamates (subject to hydrolysis) is 1. The van der Waals surface area contributed by atoms with Crippen LogP contribution in [0.2, 0.25) is 0 Å². The molecule has 0 saturated carbocycles. The van der Waals surface area contributed by atoms with Crippen molar-refractivity contribution in [1.29, 1.82) is 0 Å². The lowest BCUT2D eigenvalue weighted by molar-refractivity contribution is -0.292. The van der Waals surface area contributed by atoms with Gasteiger partial charge in [-0.2, -0.15) is 17.2 Å². The fraction of sp³-hybridized carbons (Fsp3) is 0.773. The Balaban J connectivity index is 2.18. The van der Waals surface area contributed by atoms with Crippen molar-refractivity contribution in [3.05, 3.63) is 29.8 Å². The lowest BCUT2D eigenvalue weighted by Crippen LogP contribution is -2.54. The number of hydrogen-bond donors (Lipinski definition) is 2. The molecule has 1 aliphatic heterocycles. The third kappa shape index (κ3) is 20.7. The van der Waals surface area contributed by atoms with E-state index in [9.17, 15) is 22.8 Å². The number of nitrogens with zero attached hydrogens (tertiary/aromatic N) is 2. The highest BCUT2D eigenvalue weighted by molar-refractivity contribution is 7.88. The zero-order chi connectivity index (χ0) is 46.7. The summed E-state index contributed by atoms with van der Waals surface area (Å²) in [7, 11) is -5.76. The maximum Gasteiger partial charge on any atom is 0.447 e. The Morgan fingerprint density at radius 3 is 1.77 bits per heavy atom. The van der Waals surface area contributed by atoms with Crippen LogP contribution in [0.5, 0.6) is 5.75 Å². The van der Waals surface area contributed by atoms with Crippen molar-refractivity contribution in [3.8, 4) is 5.75 Å². The van der Waals surface area contributed by atoms with Crippen LogP contribution in [-0.4, -0.2) is 99.1 Å². The second-order valence-corrected chi connectivity index (χ2v) is 20.0. The quantitative estimate of drug-likeness (QED) is 0.0435. The molecule has 18 heteroatoms. The number of carbonyl (C=O) groups excluding carboxylic acids is 3. The second kappa shape index (κ2) is 25.0. The van der Waals surface area contributed by atoms with Crippen LogP contribution >= 0.6 is 0 Å². The van der Waals surface area contributed by atoms with E-state index in [1.54, 1.807) is 79.7 Å². The van der Waals surface area contributed by atoms with Gasteiger partial charge in [-0.05, 0) is 85.9 Å². The van der Waals surface area contributed by atoms with Crippen molar-refractivity contribution < 1.29 is 59.4 Å². The summed E-state index contributed by atoms with van der Waals surface area (Å²) in [5.74, 6) is -2.72. The van der Waals surface area contributed by atoms with Crippen molar-refractivity contribution in [2.75, 3.05) is 39.5 Å². The fourth-order valence-corrected chi connectivity index (χ4v) is 6.90. The molecule has 1 fully saturated rings. The maximum absolute atomic E-state index is 15.8. The van der Waals surface area contributed by atoms with Gasteiger partial charge in [0.1, 0.15) is 23.6 Å². The molecule has 1 heterocycles. The summed E-state index contributed by atoms with van der Waals surface area (Å²) in [6.07, 6.45) is 8.73. The Morgan fingerprint density at radius 2 is 1.27 bits per heavy atom. The Kier molecular flexibility index (Phi) is 22.0. The van der Waals surface area contributed by atoms with E-state index < -0.39 is 62.5 Å². The van der Waals surface area contributed by atoms with E-state index in [0.29, 0.717) is 24.2 Å². The third-order valence-electron chi connectivity index (χ3n) is 9.53. The molecule has 0 aliphatic carbocycles. The van der Waals surface area contributed by atoms with Crippen LogP contribution in [0.25, 0.3) is 0 Å². The summed E-state index contributed by atoms with van der Waals surface area (Å²) in [4.78, 5) is 43.1. The number of hydrogen-bond acceptors (Lipinski definition) is 11. The Hall–Kier alpha value is -3.61. The topological polar surface area (TPSA) is 180 Å². The van der Waals surface area contributed by atoms with Crippen molar-refractivity contribution in [1.82, 2.24) is 15.5 Å². The van der Waals surface area contributed by atoms with E-state index in [2.05, 4.69) is 29.5 Å². The molecule has 0 bridgehead atoms. The lowest BCUT2D eigenvalue weighted by atomic mass is 9.91. The second-order valence-electron chi connectivity index (χ2n) is 18.4. The molecule has 356 valence electrons. The van der Waals surface area contributed by atoms with Crippen LogP contribution in [0.3, 0.4) is 0 Å². The van der Waals surface area contributed by atoms with Gasteiger partial charge in [0.25, 0.3) is 0 Å². The van der Waals surface area contributed by atoms with Gasteiger partial charge in [0.2, 0.25) is 5.96 Å². The number of guanidine groups is 1. The first kappa shape index (κ1) is 54.5. The molecule has 15 nitrogen and oxygen atoms in total. The smallest absolute Gasteiger partial charge is 0.447 e. The van der Waals surface area contributed by atoms with Crippen LogP contribution in [0.1, 0.15) is 152 Å². The van der Waals surface area contributed by atoms with Crippen molar-refractivity contribution in [2.24, 2.45) is 10.4 Å². The summed E-state index contributed by atoms with van der Waals surface area (Å²) in [5, 5.41) is 0.468. The monoisotopic (exact) mass is 905 g/mol. The first-order valence-corrected chi connectivity index (χ1v) is 23.3. The lowest BCUT2D eigenvalue weighted by Gasteiger charge is -2.42. The van der Waals surface area contributed by atoms with Gasteiger partial charge in [-0.15, -0.1) is 4.99 Å². The molecule has 1 aromatic carbocycles. The number of unbranched alkanes of at least 4 members (excludes halogenated alkanes) is 10. The molecule has 0 spiro atoms. The van der Waals surface area contributed by atoms with Crippen LogP contribution in [-0.2, 0) is 44.6 Å². The number of rotatable bonds is 24. The summed E-state index contributed by atoms with van der Waals surface area (Å²) < 4.78 is 91.3. The minimum atomic E-state index is -5.76. The first-order valence-electron chi connectivity index (χ1n) is 21.9. The minimum absolute atomic E-state index is 0.0260. The van der Waals surface area contributed by atoms with Crippen molar-refractivity contribution in [3.63, 3.8) is 0 Å². The molecule has 2 rings (SSSR count). The van der Waals surface area contributed by atoms with Crippen molar-refractivity contribution in [2.45, 2.75) is 175 Å². The molecule has 0 unspecified atom stereocenters. The fourth-order valence-electron chi connectivity index (χ4n) is 6.01. The van der Waals surface area contributed by atoms with Gasteiger partial charge >= 0.3 is 33.5 Å². The summed E-state index contributed by atoms with van der Waals surface area (Å²) in [6.45, 7) is 16.3. The normalized spacial score (nSPS) is 15.7. The van der Waals surface area contributed by atoms with E-state index in [-0.39, 0.29) is 45.4 Å². The van der Waals surface area contributed by atoms with Crippen LogP contribution in [0, 0.1) is 5.41 Å². The minimum Gasteiger partial charge on any atom is -0.493 e. The summed E-state index contributed by atoms with van der Waals surface area (Å²) in [5.41, 5.74) is -2.33. The van der Waals surface area contributed by atoms with Gasteiger partial charge < -0.3 is 33.9 Å². The highest BCUT2D eigenvalue weighted by Gasteiger charge is 2.57. The number of carbonyl (C=O) groups is 3. The van der Waals surface area contributed by atoms with Crippen LogP contribution < -0.4 is 15.4 Å². The Labute approximate surface area is 368 Å². The molecular weight excluding hydrogens is 831 g/mol. The molecule has 0 atom stereocenters. The number of nitrogens with one attached hydrogen (secondary N) is 2. The van der Waals surface area contributed by atoms with Gasteiger partial charge in [0, 0.05) is 19.6 Å². The molecule has 1 aliphatic rings. The van der Waals surface area contributed by atoms with E-state index >= 15 is 8.78 Å². The molecular formula is C44H74F2N4O11S. The molecule has 62 heavy (non-hydrogen) atoms. The van der Waals surface area contributed by atoms with Gasteiger partial charge in [-0.3, -0.25) is 14.3 Å². The van der Waals surface area contributed by atoms with Gasteiger partial charge in [0.15, 0.2) is 5.79 Å². The highest BCUT2D eigenvalue weighted by Crippen LogP contribution is 2.34. The number of aliphatic imine (C=N–C) groups is 1. The van der Waals surface area contributed by atoms with E-state index in [4.69, 9.17) is 27.9 Å². The highest BCUT2D eigenvalue weighted by atomic mass is 32.2. The van der Waals surface area contributed by atoms with E-state index in [1.165, 1.54) is 0 Å². The van der Waals surface area contributed by atoms with Gasteiger partial charge in [-0.25, -0.2) is 9.59 Å². The van der Waals surface area contributed by atoms with E-state index in [1.807, 2.05) is 0 Å². The predicted octanol–water partition coefficient (Wildman–Crippen LogP) is 9.23. The van der Waals surface area contributed by atoms with Gasteiger partial charge in [-0.1, -0.05) is 90.2 Å². The molecule has 1 aromatic rings. The summed E-state index contributed by atoms with van der Waals surface area (Å²) >= 11 is 0. The van der Waals surface area contributed by atoms with Crippen LogP contribution in [0.15, 0.2) is 29.3 Å². The number of halogens is 2. The summed E-state index contributed by atoms with van der Waals surface area (Å²) in [6, 6.07) is 6.58. The molecule has 1 saturated heterocycles. The Bertz CT molecular complexity index is 1650. The third-order valence-corrected chi connectivity index (χ3v) is 10.8. The average Bonchev–Trinajstić information content (AvgIpc) is 3.16. The van der Waals surface area contributed by atoms with Gasteiger partial charge in [0.05, 0.1) is 25.2 Å². The molecule has 3 amide bonds. The zero-order valence-electron chi connectivity index (χ0n) is 38.8. The first-order chi connectivity index (χ1) is 28.8. The Morgan fingerprint density at radius 1 is 0.774 bits per heavy atom. The zero-order valence-corrected chi connectivity index (χ0v) is 39.6. The van der Waals surface area contributed by atoms with Crippen molar-refractivity contribution >= 4 is 34.2 Å². The number of alkyl halides is 2.